The minimum absolute atomic E-state index is 0.0606. The molecule has 88 valence electrons. The second-order valence-corrected chi connectivity index (χ2v) is 3.19. The zero-order chi connectivity index (χ0) is 12.6. The zero-order valence-electron chi connectivity index (χ0n) is 8.76. The van der Waals surface area contributed by atoms with Crippen molar-refractivity contribution in [3.05, 3.63) is 34.1 Å². The van der Waals surface area contributed by atoms with Gasteiger partial charge in [0.25, 0.3) is 11.5 Å². The first kappa shape index (κ1) is 10.9. The van der Waals surface area contributed by atoms with Gasteiger partial charge in [0.15, 0.2) is 11.3 Å². The first-order valence-corrected chi connectivity index (χ1v) is 4.53. The zero-order valence-corrected chi connectivity index (χ0v) is 8.76. The van der Waals surface area contributed by atoms with Crippen LogP contribution in [0, 0.1) is 0 Å². The molecular formula is C9H8N4O4. The number of primary amides is 1. The van der Waals surface area contributed by atoms with E-state index in [2.05, 4.69) is 14.7 Å². The van der Waals surface area contributed by atoms with Crippen LogP contribution >= 0.6 is 0 Å². The molecule has 0 saturated heterocycles. The summed E-state index contributed by atoms with van der Waals surface area (Å²) >= 11 is 0. The summed E-state index contributed by atoms with van der Waals surface area (Å²) < 4.78 is 5.54. The Morgan fingerprint density at radius 3 is 2.82 bits per heavy atom. The number of fused-ring (bicyclic) bond motifs is 1. The summed E-state index contributed by atoms with van der Waals surface area (Å²) in [6.07, 6.45) is 1.15. The SMILES string of the molecule is COC(=O)c1cc(=O)n2cnc(C(N)=O)c2[nH]1. The molecule has 8 nitrogen and oxygen atoms in total. The summed E-state index contributed by atoms with van der Waals surface area (Å²) in [4.78, 5) is 40.2. The average molecular weight is 236 g/mol. The van der Waals surface area contributed by atoms with Gasteiger partial charge in [-0.1, -0.05) is 0 Å². The third-order valence-electron chi connectivity index (χ3n) is 2.16. The first-order valence-electron chi connectivity index (χ1n) is 4.53. The standard InChI is InChI=1S/C9H8N4O4/c1-17-9(16)4-2-5(14)13-3-11-6(7(10)15)8(13)12-4/h2-3,12H,1H3,(H2,10,15). The van der Waals surface area contributed by atoms with Crippen LogP contribution in [0.2, 0.25) is 0 Å². The summed E-state index contributed by atoms with van der Waals surface area (Å²) in [5, 5.41) is 0. The number of carbonyl (C=O) groups is 2. The third kappa shape index (κ3) is 1.65. The highest BCUT2D eigenvalue weighted by Gasteiger charge is 2.15. The molecule has 0 aromatic carbocycles. The van der Waals surface area contributed by atoms with E-state index in [4.69, 9.17) is 5.73 Å². The molecule has 0 atom stereocenters. The number of amides is 1. The highest BCUT2D eigenvalue weighted by Crippen LogP contribution is 2.05. The van der Waals surface area contributed by atoms with Gasteiger partial charge >= 0.3 is 5.97 Å². The molecule has 0 unspecified atom stereocenters. The van der Waals surface area contributed by atoms with Crippen LogP contribution in [0.15, 0.2) is 17.2 Å². The predicted octanol–water partition coefficient (Wildman–Crippen LogP) is -1.09. The van der Waals surface area contributed by atoms with Gasteiger partial charge in [-0.15, -0.1) is 0 Å². The van der Waals surface area contributed by atoms with Crippen molar-refractivity contribution in [3.8, 4) is 0 Å². The lowest BCUT2D eigenvalue weighted by molar-refractivity contribution is 0.0593. The van der Waals surface area contributed by atoms with E-state index in [0.717, 1.165) is 16.8 Å². The van der Waals surface area contributed by atoms with E-state index < -0.39 is 17.4 Å². The number of nitrogens with zero attached hydrogens (tertiary/aromatic N) is 2. The van der Waals surface area contributed by atoms with Crippen molar-refractivity contribution < 1.29 is 14.3 Å². The molecule has 8 heteroatoms. The minimum Gasteiger partial charge on any atom is -0.464 e. The van der Waals surface area contributed by atoms with Gasteiger partial charge < -0.3 is 15.5 Å². The number of imidazole rings is 1. The lowest BCUT2D eigenvalue weighted by Gasteiger charge is -2.00. The van der Waals surface area contributed by atoms with Crippen LogP contribution in [-0.4, -0.2) is 33.4 Å². The van der Waals surface area contributed by atoms with Crippen molar-refractivity contribution in [3.63, 3.8) is 0 Å². The fourth-order valence-electron chi connectivity index (χ4n) is 1.39. The number of nitrogens with two attached hydrogens (primary N) is 1. The molecular weight excluding hydrogens is 228 g/mol. The molecule has 0 spiro atoms. The molecule has 1 amide bonds. The fraction of sp³-hybridized carbons (Fsp3) is 0.111. The van der Waals surface area contributed by atoms with Gasteiger partial charge in [0.2, 0.25) is 0 Å². The lowest BCUT2D eigenvalue weighted by Crippen LogP contribution is -2.19. The van der Waals surface area contributed by atoms with Crippen molar-refractivity contribution in [1.29, 1.82) is 0 Å². The van der Waals surface area contributed by atoms with Crippen molar-refractivity contribution in [2.45, 2.75) is 0 Å². The number of aromatic nitrogens is 3. The molecule has 0 radical (unpaired) electrons. The molecule has 0 fully saturated rings. The van der Waals surface area contributed by atoms with Gasteiger partial charge in [0.1, 0.15) is 12.0 Å². The van der Waals surface area contributed by atoms with Crippen LogP contribution in [0.25, 0.3) is 5.65 Å². The summed E-state index contributed by atoms with van der Waals surface area (Å²) in [5.74, 6) is -1.52. The normalized spacial score (nSPS) is 10.4. The molecule has 2 aromatic rings. The molecule has 0 aliphatic rings. The second-order valence-electron chi connectivity index (χ2n) is 3.19. The maximum absolute atomic E-state index is 11.6. The van der Waals surface area contributed by atoms with Crippen molar-refractivity contribution >= 4 is 17.5 Å². The summed E-state index contributed by atoms with van der Waals surface area (Å²) in [7, 11) is 1.18. The maximum Gasteiger partial charge on any atom is 0.354 e. The second kappa shape index (κ2) is 3.74. The number of carbonyl (C=O) groups excluding carboxylic acids is 2. The smallest absolute Gasteiger partial charge is 0.354 e. The van der Waals surface area contributed by atoms with Gasteiger partial charge in [-0.25, -0.2) is 9.78 Å². The molecule has 2 heterocycles. The monoisotopic (exact) mass is 236 g/mol. The van der Waals surface area contributed by atoms with Gasteiger partial charge in [-0.05, 0) is 0 Å². The van der Waals surface area contributed by atoms with Crippen LogP contribution in [0.4, 0.5) is 0 Å². The molecule has 0 aliphatic carbocycles. The number of H-pyrrole nitrogens is 1. The van der Waals surface area contributed by atoms with Crippen LogP contribution in [-0.2, 0) is 4.74 Å². The molecule has 17 heavy (non-hydrogen) atoms. The van der Waals surface area contributed by atoms with Gasteiger partial charge in [0, 0.05) is 6.07 Å². The van der Waals surface area contributed by atoms with E-state index in [1.54, 1.807) is 0 Å². The molecule has 0 aliphatic heterocycles. The van der Waals surface area contributed by atoms with E-state index in [1.165, 1.54) is 7.11 Å². The predicted molar refractivity (Wildman–Crippen MR) is 55.7 cm³/mol. The Labute approximate surface area is 94.0 Å². The first-order chi connectivity index (χ1) is 8.04. The molecule has 2 aromatic heterocycles. The fourth-order valence-corrected chi connectivity index (χ4v) is 1.39. The van der Waals surface area contributed by atoms with Crippen LogP contribution in [0.3, 0.4) is 0 Å². The number of methoxy groups -OCH3 is 1. The topological polar surface area (TPSA) is 120 Å². The van der Waals surface area contributed by atoms with Gasteiger partial charge in [-0.2, -0.15) is 0 Å². The number of rotatable bonds is 2. The number of ether oxygens (including phenoxy) is 1. The number of hydrogen-bond donors (Lipinski definition) is 2. The third-order valence-corrected chi connectivity index (χ3v) is 2.16. The van der Waals surface area contributed by atoms with Crippen molar-refractivity contribution in [2.75, 3.05) is 7.11 Å². The quantitative estimate of drug-likeness (QED) is 0.642. The summed E-state index contributed by atoms with van der Waals surface area (Å²) in [5.41, 5.74) is 4.43. The summed E-state index contributed by atoms with van der Waals surface area (Å²) in [6.45, 7) is 0. The lowest BCUT2D eigenvalue weighted by atomic mass is 10.3. The molecule has 3 N–H and O–H groups in total. The Balaban J connectivity index is 2.78. The van der Waals surface area contributed by atoms with Gasteiger partial charge in [-0.3, -0.25) is 14.0 Å². The van der Waals surface area contributed by atoms with E-state index in [1.807, 2.05) is 0 Å². The minimum atomic E-state index is -0.801. The Morgan fingerprint density at radius 1 is 1.53 bits per heavy atom. The van der Waals surface area contributed by atoms with Crippen LogP contribution in [0.5, 0.6) is 0 Å². The molecule has 0 saturated carbocycles. The molecule has 0 bridgehead atoms. The number of aromatic amines is 1. The van der Waals surface area contributed by atoms with Crippen LogP contribution in [0.1, 0.15) is 21.0 Å². The van der Waals surface area contributed by atoms with E-state index >= 15 is 0 Å². The van der Waals surface area contributed by atoms with E-state index in [0.29, 0.717) is 0 Å². The van der Waals surface area contributed by atoms with E-state index in [-0.39, 0.29) is 17.0 Å². The number of esters is 1. The highest BCUT2D eigenvalue weighted by molar-refractivity contribution is 5.97. The highest BCUT2D eigenvalue weighted by atomic mass is 16.5. The van der Waals surface area contributed by atoms with Gasteiger partial charge in [0.05, 0.1) is 7.11 Å². The van der Waals surface area contributed by atoms with E-state index in [9.17, 15) is 14.4 Å². The summed E-state index contributed by atoms with van der Waals surface area (Å²) in [6, 6.07) is 1.05. The Hall–Kier alpha value is -2.64. The van der Waals surface area contributed by atoms with Crippen molar-refractivity contribution in [1.82, 2.24) is 14.4 Å². The largest absolute Gasteiger partial charge is 0.464 e. The number of nitrogens with one attached hydrogen (secondary N) is 1. The number of hydrogen-bond acceptors (Lipinski definition) is 5. The Kier molecular flexibility index (Phi) is 2.39. The maximum atomic E-state index is 11.6. The van der Waals surface area contributed by atoms with Crippen molar-refractivity contribution in [2.24, 2.45) is 5.73 Å². The van der Waals surface area contributed by atoms with Crippen LogP contribution < -0.4 is 11.3 Å². The Bertz CT molecular complexity index is 669. The Morgan fingerprint density at radius 2 is 2.24 bits per heavy atom. The average Bonchev–Trinajstić information content (AvgIpc) is 2.72. The molecule has 2 rings (SSSR count).